The Balaban J connectivity index is 3.16. The smallest absolute Gasteiger partial charge is 0.278 e. The molecular formula is C6H11N3O4S. The van der Waals surface area contributed by atoms with Gasteiger partial charge in [-0.15, -0.1) is 0 Å². The van der Waals surface area contributed by atoms with Crippen LogP contribution in [0.25, 0.3) is 0 Å². The lowest BCUT2D eigenvalue weighted by molar-refractivity contribution is -0.141. The third kappa shape index (κ3) is 1.76. The highest BCUT2D eigenvalue weighted by atomic mass is 32.2. The number of piperazine rings is 1. The van der Waals surface area contributed by atoms with Gasteiger partial charge in [0.15, 0.2) is 0 Å². The molecule has 2 amide bonds. The van der Waals surface area contributed by atoms with Crippen LogP contribution in [0.1, 0.15) is 13.8 Å². The quantitative estimate of drug-likeness (QED) is 0.495. The molecule has 0 aliphatic carbocycles. The lowest BCUT2D eigenvalue weighted by atomic mass is 10.0. The van der Waals surface area contributed by atoms with Crippen molar-refractivity contribution in [3.8, 4) is 0 Å². The fraction of sp³-hybridized carbons (Fsp3) is 0.667. The summed E-state index contributed by atoms with van der Waals surface area (Å²) in [6, 6.07) is 0. The molecule has 1 saturated heterocycles. The zero-order valence-corrected chi connectivity index (χ0v) is 8.59. The van der Waals surface area contributed by atoms with Gasteiger partial charge in [-0.3, -0.25) is 14.9 Å². The molecule has 3 N–H and O–H groups in total. The number of amides is 2. The Morgan fingerprint density at radius 2 is 1.93 bits per heavy atom. The second-order valence-electron chi connectivity index (χ2n) is 3.49. The molecule has 0 radical (unpaired) electrons. The molecule has 1 rings (SSSR count). The van der Waals surface area contributed by atoms with Gasteiger partial charge in [0.2, 0.25) is 11.8 Å². The van der Waals surface area contributed by atoms with E-state index in [2.05, 4.69) is 0 Å². The number of nitrogens with one attached hydrogen (secondary N) is 1. The van der Waals surface area contributed by atoms with Crippen LogP contribution in [0.15, 0.2) is 0 Å². The summed E-state index contributed by atoms with van der Waals surface area (Å²) in [6.45, 7) is 2.32. The molecular weight excluding hydrogens is 210 g/mol. The summed E-state index contributed by atoms with van der Waals surface area (Å²) in [4.78, 5) is 22.2. The zero-order valence-electron chi connectivity index (χ0n) is 7.77. The van der Waals surface area contributed by atoms with Crippen molar-refractivity contribution in [2.24, 2.45) is 5.14 Å². The van der Waals surface area contributed by atoms with E-state index in [9.17, 15) is 18.0 Å². The Kier molecular flexibility index (Phi) is 2.38. The SMILES string of the molecule is CC1(C)C(=O)NC(=O)CN1S(N)(=O)=O. The number of nitrogens with zero attached hydrogens (tertiary/aromatic N) is 1. The molecule has 1 aliphatic heterocycles. The molecule has 0 atom stereocenters. The number of hydrogen-bond acceptors (Lipinski definition) is 4. The van der Waals surface area contributed by atoms with Gasteiger partial charge in [-0.05, 0) is 13.8 Å². The Bertz CT molecular complexity index is 386. The number of carbonyl (C=O) groups is 2. The van der Waals surface area contributed by atoms with Crippen LogP contribution in [-0.2, 0) is 19.8 Å². The van der Waals surface area contributed by atoms with Crippen molar-refractivity contribution in [1.29, 1.82) is 0 Å². The van der Waals surface area contributed by atoms with E-state index in [1.807, 2.05) is 5.32 Å². The van der Waals surface area contributed by atoms with Gasteiger partial charge in [0.1, 0.15) is 5.54 Å². The lowest BCUT2D eigenvalue weighted by Gasteiger charge is -2.37. The highest BCUT2D eigenvalue weighted by Gasteiger charge is 2.45. The Morgan fingerprint density at radius 1 is 1.43 bits per heavy atom. The van der Waals surface area contributed by atoms with E-state index in [1.54, 1.807) is 0 Å². The summed E-state index contributed by atoms with van der Waals surface area (Å²) < 4.78 is 22.8. The van der Waals surface area contributed by atoms with E-state index in [0.717, 1.165) is 0 Å². The molecule has 0 aromatic carbocycles. The van der Waals surface area contributed by atoms with Crippen molar-refractivity contribution < 1.29 is 18.0 Å². The Hall–Kier alpha value is -0.990. The minimum absolute atomic E-state index is 0.433. The van der Waals surface area contributed by atoms with E-state index in [0.29, 0.717) is 4.31 Å². The summed E-state index contributed by atoms with van der Waals surface area (Å²) in [7, 11) is -4.05. The average Bonchev–Trinajstić information content (AvgIpc) is 1.95. The fourth-order valence-corrected chi connectivity index (χ4v) is 2.18. The molecule has 0 spiro atoms. The van der Waals surface area contributed by atoms with Gasteiger partial charge in [-0.1, -0.05) is 0 Å². The van der Waals surface area contributed by atoms with Crippen LogP contribution in [0.5, 0.6) is 0 Å². The van der Waals surface area contributed by atoms with Crippen LogP contribution in [0.2, 0.25) is 0 Å². The second-order valence-corrected chi connectivity index (χ2v) is 4.96. The molecule has 1 fully saturated rings. The molecule has 1 heterocycles. The molecule has 1 aliphatic rings. The third-order valence-corrected chi connectivity index (χ3v) is 3.23. The minimum atomic E-state index is -4.05. The van der Waals surface area contributed by atoms with E-state index in [4.69, 9.17) is 5.14 Å². The summed E-state index contributed by atoms with van der Waals surface area (Å²) in [6.07, 6.45) is 0. The first kappa shape index (κ1) is 11.1. The normalized spacial score (nSPS) is 23.4. The maximum Gasteiger partial charge on any atom is 0.278 e. The summed E-state index contributed by atoms with van der Waals surface area (Å²) in [5.74, 6) is -1.36. The summed E-state index contributed by atoms with van der Waals surface area (Å²) in [5.41, 5.74) is -1.33. The molecule has 7 nitrogen and oxygen atoms in total. The standard InChI is InChI=1S/C6H11N3O4S/c1-6(2)5(11)8-4(10)3-9(6)14(7,12)13/h3H2,1-2H3,(H2,7,12,13)(H,8,10,11). The van der Waals surface area contributed by atoms with Gasteiger partial charge in [0.25, 0.3) is 10.2 Å². The third-order valence-electron chi connectivity index (χ3n) is 2.03. The molecule has 0 saturated carbocycles. The number of nitrogens with two attached hydrogens (primary N) is 1. The molecule has 14 heavy (non-hydrogen) atoms. The lowest BCUT2D eigenvalue weighted by Crippen LogP contribution is -2.66. The van der Waals surface area contributed by atoms with Crippen LogP contribution in [0.4, 0.5) is 0 Å². The Labute approximate surface area is 81.4 Å². The van der Waals surface area contributed by atoms with Gasteiger partial charge in [-0.25, -0.2) is 5.14 Å². The van der Waals surface area contributed by atoms with Gasteiger partial charge in [0, 0.05) is 0 Å². The zero-order chi connectivity index (χ0) is 11.1. The topological polar surface area (TPSA) is 110 Å². The molecule has 8 heteroatoms. The molecule has 0 aromatic rings. The van der Waals surface area contributed by atoms with Gasteiger partial charge < -0.3 is 0 Å². The van der Waals surface area contributed by atoms with E-state index in [-0.39, 0.29) is 0 Å². The van der Waals surface area contributed by atoms with Crippen molar-refractivity contribution >= 4 is 22.0 Å². The maximum absolute atomic E-state index is 11.3. The minimum Gasteiger partial charge on any atom is -0.294 e. The first-order valence-electron chi connectivity index (χ1n) is 3.80. The number of carbonyl (C=O) groups excluding carboxylic acids is 2. The second kappa shape index (κ2) is 3.01. The highest BCUT2D eigenvalue weighted by molar-refractivity contribution is 7.86. The van der Waals surface area contributed by atoms with Crippen LogP contribution >= 0.6 is 0 Å². The largest absolute Gasteiger partial charge is 0.294 e. The first-order chi connectivity index (χ1) is 6.15. The maximum atomic E-state index is 11.3. The van der Waals surface area contributed by atoms with Crippen LogP contribution < -0.4 is 10.5 Å². The van der Waals surface area contributed by atoms with Crippen LogP contribution in [0, 0.1) is 0 Å². The van der Waals surface area contributed by atoms with E-state index >= 15 is 0 Å². The van der Waals surface area contributed by atoms with Crippen LogP contribution in [-0.4, -0.2) is 36.6 Å². The van der Waals surface area contributed by atoms with E-state index < -0.39 is 34.1 Å². The predicted octanol–water partition coefficient (Wildman–Crippen LogP) is -2.07. The Morgan fingerprint density at radius 3 is 2.36 bits per heavy atom. The van der Waals surface area contributed by atoms with Crippen molar-refractivity contribution in [2.75, 3.05) is 6.54 Å². The number of hydrogen-bond donors (Lipinski definition) is 2. The van der Waals surface area contributed by atoms with E-state index in [1.165, 1.54) is 13.8 Å². The average molecular weight is 221 g/mol. The van der Waals surface area contributed by atoms with Gasteiger partial charge in [-0.2, -0.15) is 12.7 Å². The highest BCUT2D eigenvalue weighted by Crippen LogP contribution is 2.19. The van der Waals surface area contributed by atoms with Gasteiger partial charge in [0.05, 0.1) is 6.54 Å². The van der Waals surface area contributed by atoms with Crippen molar-refractivity contribution in [2.45, 2.75) is 19.4 Å². The summed E-state index contributed by atoms with van der Waals surface area (Å²) >= 11 is 0. The monoisotopic (exact) mass is 221 g/mol. The molecule has 0 unspecified atom stereocenters. The molecule has 0 aromatic heterocycles. The van der Waals surface area contributed by atoms with Crippen molar-refractivity contribution in [3.63, 3.8) is 0 Å². The van der Waals surface area contributed by atoms with Gasteiger partial charge >= 0.3 is 0 Å². The van der Waals surface area contributed by atoms with Crippen molar-refractivity contribution in [1.82, 2.24) is 9.62 Å². The number of rotatable bonds is 1. The molecule has 80 valence electrons. The molecule has 0 bridgehead atoms. The fourth-order valence-electron chi connectivity index (χ4n) is 1.17. The van der Waals surface area contributed by atoms with Crippen molar-refractivity contribution in [3.05, 3.63) is 0 Å². The summed E-state index contributed by atoms with van der Waals surface area (Å²) in [5, 5.41) is 6.91. The van der Waals surface area contributed by atoms with Crippen LogP contribution in [0.3, 0.4) is 0 Å². The number of imide groups is 1. The first-order valence-corrected chi connectivity index (χ1v) is 5.31. The predicted molar refractivity (Wildman–Crippen MR) is 47.0 cm³/mol.